The lowest BCUT2D eigenvalue weighted by atomic mass is 9.86. The Morgan fingerprint density at radius 1 is 1.22 bits per heavy atom. The maximum atomic E-state index is 12.6. The summed E-state index contributed by atoms with van der Waals surface area (Å²) in [7, 11) is 0. The predicted molar refractivity (Wildman–Crippen MR) is 91.9 cm³/mol. The summed E-state index contributed by atoms with van der Waals surface area (Å²) in [6.07, 6.45) is 5.56. The Morgan fingerprint density at radius 2 is 2.00 bits per heavy atom. The lowest BCUT2D eigenvalue weighted by Crippen LogP contribution is -2.20. The summed E-state index contributed by atoms with van der Waals surface area (Å²) >= 11 is 5.32. The second-order valence-corrected chi connectivity index (χ2v) is 6.33. The summed E-state index contributed by atoms with van der Waals surface area (Å²) in [5, 5.41) is 0. The standard InChI is InChI=1S/C17H17N3O2S/c21-16-15-14(8-9-18-15)19-17(23)20(16)12-4-6-13(7-5-12)22-10-11-2-1-3-11/h4-9,11,18H,1-3,10H2,(H,19,23). The van der Waals surface area contributed by atoms with Crippen LogP contribution in [-0.2, 0) is 0 Å². The Labute approximate surface area is 137 Å². The second-order valence-electron chi connectivity index (χ2n) is 5.94. The van der Waals surface area contributed by atoms with E-state index in [4.69, 9.17) is 17.0 Å². The molecular formula is C17H17N3O2S. The van der Waals surface area contributed by atoms with Gasteiger partial charge in [-0.3, -0.25) is 9.36 Å². The van der Waals surface area contributed by atoms with Crippen LogP contribution in [0.3, 0.4) is 0 Å². The number of aromatic amines is 2. The van der Waals surface area contributed by atoms with Crippen LogP contribution in [0.4, 0.5) is 0 Å². The van der Waals surface area contributed by atoms with Crippen molar-refractivity contribution in [2.75, 3.05) is 6.61 Å². The maximum Gasteiger partial charge on any atom is 0.283 e. The number of nitrogens with one attached hydrogen (secondary N) is 2. The number of nitrogens with zero attached hydrogens (tertiary/aromatic N) is 1. The van der Waals surface area contributed by atoms with Crippen LogP contribution >= 0.6 is 12.2 Å². The van der Waals surface area contributed by atoms with Crippen molar-refractivity contribution >= 4 is 23.3 Å². The zero-order chi connectivity index (χ0) is 15.8. The van der Waals surface area contributed by atoms with Crippen molar-refractivity contribution in [1.82, 2.24) is 14.5 Å². The van der Waals surface area contributed by atoms with Gasteiger partial charge in [-0.25, -0.2) is 0 Å². The van der Waals surface area contributed by atoms with E-state index in [1.807, 2.05) is 24.3 Å². The number of aromatic nitrogens is 3. The topological polar surface area (TPSA) is 62.8 Å². The van der Waals surface area contributed by atoms with Crippen molar-refractivity contribution in [2.24, 2.45) is 5.92 Å². The van der Waals surface area contributed by atoms with Gasteiger partial charge < -0.3 is 14.7 Å². The van der Waals surface area contributed by atoms with E-state index < -0.39 is 0 Å². The lowest BCUT2D eigenvalue weighted by molar-refractivity contribution is 0.180. The molecule has 0 spiro atoms. The number of hydrogen-bond donors (Lipinski definition) is 2. The molecule has 3 aromatic rings. The number of rotatable bonds is 4. The average Bonchev–Trinajstić information content (AvgIpc) is 2.95. The van der Waals surface area contributed by atoms with Gasteiger partial charge in [0.15, 0.2) is 4.77 Å². The highest BCUT2D eigenvalue weighted by atomic mass is 32.1. The first kappa shape index (κ1) is 14.3. The third-order valence-electron chi connectivity index (χ3n) is 4.41. The van der Waals surface area contributed by atoms with E-state index >= 15 is 0 Å². The smallest absolute Gasteiger partial charge is 0.283 e. The molecule has 2 N–H and O–H groups in total. The summed E-state index contributed by atoms with van der Waals surface area (Å²) in [4.78, 5) is 18.6. The SMILES string of the molecule is O=c1c2[nH]ccc2[nH]c(=S)n1-c1ccc(OCC2CCC2)cc1. The third-order valence-corrected chi connectivity index (χ3v) is 4.70. The minimum atomic E-state index is -0.156. The highest BCUT2D eigenvalue weighted by molar-refractivity contribution is 7.71. The molecule has 0 amide bonds. The highest BCUT2D eigenvalue weighted by Gasteiger charge is 2.17. The van der Waals surface area contributed by atoms with Crippen molar-refractivity contribution in [2.45, 2.75) is 19.3 Å². The summed E-state index contributed by atoms with van der Waals surface area (Å²) in [6.45, 7) is 0.772. The average molecular weight is 327 g/mol. The normalized spacial score (nSPS) is 14.8. The molecular weight excluding hydrogens is 310 g/mol. The molecule has 0 saturated heterocycles. The van der Waals surface area contributed by atoms with Crippen LogP contribution in [0.1, 0.15) is 19.3 Å². The van der Waals surface area contributed by atoms with Crippen molar-refractivity contribution in [3.63, 3.8) is 0 Å². The zero-order valence-corrected chi connectivity index (χ0v) is 13.4. The summed E-state index contributed by atoms with van der Waals surface area (Å²) < 4.78 is 7.66. The van der Waals surface area contributed by atoms with Crippen LogP contribution in [0.25, 0.3) is 16.7 Å². The summed E-state index contributed by atoms with van der Waals surface area (Å²) in [5.41, 5.74) is 1.81. The minimum absolute atomic E-state index is 0.156. The molecule has 5 nitrogen and oxygen atoms in total. The van der Waals surface area contributed by atoms with Gasteiger partial charge in [-0.05, 0) is 61.3 Å². The molecule has 0 atom stereocenters. The largest absolute Gasteiger partial charge is 0.493 e. The lowest BCUT2D eigenvalue weighted by Gasteiger charge is -2.25. The van der Waals surface area contributed by atoms with E-state index in [0.717, 1.165) is 23.6 Å². The fourth-order valence-electron chi connectivity index (χ4n) is 2.83. The van der Waals surface area contributed by atoms with Gasteiger partial charge in [-0.1, -0.05) is 6.42 Å². The van der Waals surface area contributed by atoms with Gasteiger partial charge in [0.25, 0.3) is 5.56 Å². The monoisotopic (exact) mass is 327 g/mol. The first-order valence-corrected chi connectivity index (χ1v) is 8.19. The Balaban J connectivity index is 1.65. The molecule has 0 unspecified atom stereocenters. The van der Waals surface area contributed by atoms with Gasteiger partial charge >= 0.3 is 0 Å². The molecule has 0 bridgehead atoms. The van der Waals surface area contributed by atoms with Gasteiger partial charge in [0.1, 0.15) is 11.3 Å². The van der Waals surface area contributed by atoms with Gasteiger partial charge in [0, 0.05) is 6.20 Å². The summed E-state index contributed by atoms with van der Waals surface area (Å²) in [6, 6.07) is 9.28. The number of hydrogen-bond acceptors (Lipinski definition) is 3. The van der Waals surface area contributed by atoms with Crippen LogP contribution in [0.2, 0.25) is 0 Å². The molecule has 0 aliphatic heterocycles. The Bertz CT molecular complexity index is 948. The second kappa shape index (κ2) is 5.70. The number of fused-ring (bicyclic) bond motifs is 1. The van der Waals surface area contributed by atoms with Crippen molar-refractivity contribution in [3.8, 4) is 11.4 Å². The first-order chi connectivity index (χ1) is 11.2. The van der Waals surface area contributed by atoms with Gasteiger partial charge in [-0.2, -0.15) is 0 Å². The molecule has 2 aromatic heterocycles. The molecule has 6 heteroatoms. The van der Waals surface area contributed by atoms with Gasteiger partial charge in [0.2, 0.25) is 0 Å². The van der Waals surface area contributed by atoms with Crippen molar-refractivity contribution in [1.29, 1.82) is 0 Å². The molecule has 1 aliphatic rings. The Morgan fingerprint density at radius 3 is 2.70 bits per heavy atom. The summed E-state index contributed by atoms with van der Waals surface area (Å²) in [5.74, 6) is 1.52. The molecule has 118 valence electrons. The van der Waals surface area contributed by atoms with Crippen molar-refractivity contribution in [3.05, 3.63) is 51.7 Å². The number of benzene rings is 1. The molecule has 1 aliphatic carbocycles. The fourth-order valence-corrected chi connectivity index (χ4v) is 3.12. The predicted octanol–water partition coefficient (Wildman–Crippen LogP) is 3.56. The van der Waals surface area contributed by atoms with Crippen LogP contribution in [0, 0.1) is 10.7 Å². The van der Waals surface area contributed by atoms with Crippen LogP contribution in [-0.4, -0.2) is 21.1 Å². The highest BCUT2D eigenvalue weighted by Crippen LogP contribution is 2.27. The Hall–Kier alpha value is -2.34. The molecule has 23 heavy (non-hydrogen) atoms. The molecule has 1 fully saturated rings. The van der Waals surface area contributed by atoms with Crippen molar-refractivity contribution < 1.29 is 4.74 Å². The van der Waals surface area contributed by atoms with E-state index in [0.29, 0.717) is 16.2 Å². The van der Waals surface area contributed by atoms with E-state index in [1.54, 1.807) is 12.3 Å². The molecule has 2 heterocycles. The quantitative estimate of drug-likeness (QED) is 0.720. The van der Waals surface area contributed by atoms with Crippen LogP contribution in [0.5, 0.6) is 5.75 Å². The van der Waals surface area contributed by atoms with E-state index in [2.05, 4.69) is 9.97 Å². The van der Waals surface area contributed by atoms with E-state index in [1.165, 1.54) is 23.8 Å². The number of H-pyrrole nitrogens is 2. The van der Waals surface area contributed by atoms with Gasteiger partial charge in [-0.15, -0.1) is 0 Å². The molecule has 0 radical (unpaired) electrons. The number of ether oxygens (including phenoxy) is 1. The zero-order valence-electron chi connectivity index (χ0n) is 12.5. The van der Waals surface area contributed by atoms with Crippen LogP contribution < -0.4 is 10.3 Å². The fraction of sp³-hybridized carbons (Fsp3) is 0.294. The van der Waals surface area contributed by atoms with E-state index in [-0.39, 0.29) is 5.56 Å². The minimum Gasteiger partial charge on any atom is -0.493 e. The molecule has 1 saturated carbocycles. The molecule has 1 aromatic carbocycles. The third kappa shape index (κ3) is 2.59. The maximum absolute atomic E-state index is 12.6. The van der Waals surface area contributed by atoms with Crippen LogP contribution in [0.15, 0.2) is 41.3 Å². The molecule has 4 rings (SSSR count). The van der Waals surface area contributed by atoms with Gasteiger partial charge in [0.05, 0.1) is 17.8 Å². The first-order valence-electron chi connectivity index (χ1n) is 7.78. The van der Waals surface area contributed by atoms with E-state index in [9.17, 15) is 4.79 Å². The Kier molecular flexibility index (Phi) is 3.53.